The van der Waals surface area contributed by atoms with Gasteiger partial charge in [0, 0.05) is 51.4 Å². The number of hydrogen-bond donors (Lipinski definition) is 0. The lowest BCUT2D eigenvalue weighted by Crippen LogP contribution is -2.48. The summed E-state index contributed by atoms with van der Waals surface area (Å²) in [6.07, 6.45) is 3.63. The molecule has 1 fully saturated rings. The van der Waals surface area contributed by atoms with E-state index < -0.39 is 21.0 Å². The molecule has 1 saturated heterocycles. The van der Waals surface area contributed by atoms with Crippen LogP contribution in [0.25, 0.3) is 0 Å². The standard InChI is InChI=1S/C31H38N4O6S2/c1-3-17-34(31(36)41-23-25-9-11-29(12-10-25)35(37)38)28-14-19-33(20-15-28)18-13-26(27-16-21-42-24-27)22-32(2)43(39,40)30-7-5-4-6-8-30/h3-12,16,21,24,26,28H,1,13-15,17-20,22-23H2,2H3/t26-/m0/s1. The number of nitro benzene ring substituents is 1. The van der Waals surface area contributed by atoms with E-state index in [2.05, 4.69) is 22.9 Å². The van der Waals surface area contributed by atoms with Crippen LogP contribution in [0.15, 0.2) is 89.0 Å². The van der Waals surface area contributed by atoms with Crippen molar-refractivity contribution in [2.75, 3.05) is 39.8 Å². The number of amides is 1. The number of hydrogen-bond acceptors (Lipinski definition) is 8. The summed E-state index contributed by atoms with van der Waals surface area (Å²) < 4.78 is 33.3. The summed E-state index contributed by atoms with van der Waals surface area (Å²) in [6, 6.07) is 16.5. The molecule has 0 aliphatic carbocycles. The van der Waals surface area contributed by atoms with E-state index in [0.717, 1.165) is 44.5 Å². The summed E-state index contributed by atoms with van der Waals surface area (Å²) in [7, 11) is -1.95. The summed E-state index contributed by atoms with van der Waals surface area (Å²) >= 11 is 1.61. The third-order valence-electron chi connectivity index (χ3n) is 7.80. The predicted octanol–water partition coefficient (Wildman–Crippen LogP) is 5.74. The van der Waals surface area contributed by atoms with E-state index in [4.69, 9.17) is 4.74 Å². The zero-order valence-corrected chi connectivity index (χ0v) is 25.9. The van der Waals surface area contributed by atoms with Crippen molar-refractivity contribution in [1.82, 2.24) is 14.1 Å². The van der Waals surface area contributed by atoms with E-state index in [1.807, 2.05) is 5.38 Å². The first-order chi connectivity index (χ1) is 20.7. The minimum Gasteiger partial charge on any atom is -0.445 e. The Morgan fingerprint density at radius 3 is 2.47 bits per heavy atom. The molecule has 2 heterocycles. The van der Waals surface area contributed by atoms with Gasteiger partial charge in [0.2, 0.25) is 10.0 Å². The second kappa shape index (κ2) is 15.2. The van der Waals surface area contributed by atoms with Crippen LogP contribution < -0.4 is 0 Å². The third kappa shape index (κ3) is 8.73. The lowest BCUT2D eigenvalue weighted by molar-refractivity contribution is -0.384. The lowest BCUT2D eigenvalue weighted by Gasteiger charge is -2.38. The van der Waals surface area contributed by atoms with Gasteiger partial charge in [-0.2, -0.15) is 11.3 Å². The zero-order valence-electron chi connectivity index (χ0n) is 24.3. The summed E-state index contributed by atoms with van der Waals surface area (Å²) in [5.41, 5.74) is 1.80. The van der Waals surface area contributed by atoms with Crippen molar-refractivity contribution in [1.29, 1.82) is 0 Å². The van der Waals surface area contributed by atoms with Crippen LogP contribution in [-0.2, 0) is 21.4 Å². The SMILES string of the molecule is C=CCN(C(=O)OCc1ccc([N+](=O)[O-])cc1)C1CCN(CC[C@@H](CN(C)S(=O)(=O)c2ccccc2)c2ccsc2)CC1. The molecule has 0 spiro atoms. The molecule has 3 aromatic rings. The average Bonchev–Trinajstić information content (AvgIpc) is 3.56. The predicted molar refractivity (Wildman–Crippen MR) is 168 cm³/mol. The number of benzene rings is 2. The summed E-state index contributed by atoms with van der Waals surface area (Å²) in [5.74, 6) is 0.0547. The Kier molecular flexibility index (Phi) is 11.5. The number of rotatable bonds is 14. The lowest BCUT2D eigenvalue weighted by atomic mass is 9.97. The van der Waals surface area contributed by atoms with Crippen molar-refractivity contribution < 1.29 is 22.9 Å². The minimum atomic E-state index is -3.59. The smallest absolute Gasteiger partial charge is 0.410 e. The molecular weight excluding hydrogens is 588 g/mol. The van der Waals surface area contributed by atoms with Gasteiger partial charge >= 0.3 is 6.09 Å². The maximum absolute atomic E-state index is 13.2. The van der Waals surface area contributed by atoms with Gasteiger partial charge in [0.1, 0.15) is 6.61 Å². The normalized spacial score (nSPS) is 15.2. The van der Waals surface area contributed by atoms with E-state index in [9.17, 15) is 23.3 Å². The fraction of sp³-hybridized carbons (Fsp3) is 0.387. The summed E-state index contributed by atoms with van der Waals surface area (Å²) in [6.45, 7) is 7.02. The zero-order chi connectivity index (χ0) is 30.8. The van der Waals surface area contributed by atoms with Gasteiger partial charge in [-0.1, -0.05) is 24.3 Å². The highest BCUT2D eigenvalue weighted by atomic mass is 32.2. The Hall–Kier alpha value is -3.58. The van der Waals surface area contributed by atoms with Crippen LogP contribution >= 0.6 is 11.3 Å². The molecule has 1 aliphatic rings. The van der Waals surface area contributed by atoms with Crippen molar-refractivity contribution in [3.63, 3.8) is 0 Å². The van der Waals surface area contributed by atoms with E-state index >= 15 is 0 Å². The number of non-ortho nitro benzene ring substituents is 1. The number of carbonyl (C=O) groups excluding carboxylic acids is 1. The van der Waals surface area contributed by atoms with E-state index in [0.29, 0.717) is 23.5 Å². The first-order valence-electron chi connectivity index (χ1n) is 14.2. The molecule has 1 aromatic heterocycles. The molecule has 2 aromatic carbocycles. The third-order valence-corrected chi connectivity index (χ3v) is 10.3. The first kappa shape index (κ1) is 32.3. The fourth-order valence-corrected chi connectivity index (χ4v) is 7.28. The number of likely N-dealkylation sites (tertiary alicyclic amines) is 1. The fourth-order valence-electron chi connectivity index (χ4n) is 5.30. The van der Waals surface area contributed by atoms with Gasteiger partial charge in [0.15, 0.2) is 0 Å². The number of thiophene rings is 1. The van der Waals surface area contributed by atoms with Gasteiger partial charge in [-0.05, 0) is 83.9 Å². The topological polar surface area (TPSA) is 113 Å². The number of nitrogens with zero attached hydrogens (tertiary/aromatic N) is 4. The second-order valence-corrected chi connectivity index (χ2v) is 13.5. The number of ether oxygens (including phenoxy) is 1. The van der Waals surface area contributed by atoms with Gasteiger partial charge < -0.3 is 14.5 Å². The van der Waals surface area contributed by atoms with Crippen LogP contribution in [0, 0.1) is 10.1 Å². The largest absolute Gasteiger partial charge is 0.445 e. The van der Waals surface area contributed by atoms with E-state index in [-0.39, 0.29) is 24.3 Å². The quantitative estimate of drug-likeness (QED) is 0.127. The Morgan fingerprint density at radius 1 is 1.16 bits per heavy atom. The van der Waals surface area contributed by atoms with Crippen LogP contribution in [-0.4, -0.2) is 79.4 Å². The maximum atomic E-state index is 13.2. The Balaban J connectivity index is 1.30. The van der Waals surface area contributed by atoms with Crippen molar-refractivity contribution in [2.45, 2.75) is 42.7 Å². The van der Waals surface area contributed by atoms with Crippen LogP contribution in [0.3, 0.4) is 0 Å². The molecule has 0 bridgehead atoms. The molecule has 0 unspecified atom stereocenters. The number of sulfonamides is 1. The summed E-state index contributed by atoms with van der Waals surface area (Å²) in [4.78, 5) is 27.7. The highest BCUT2D eigenvalue weighted by Gasteiger charge is 2.30. The van der Waals surface area contributed by atoms with Crippen molar-refractivity contribution in [3.05, 3.63) is 105 Å². The van der Waals surface area contributed by atoms with Gasteiger partial charge in [0.25, 0.3) is 5.69 Å². The number of likely N-dealkylation sites (N-methyl/N-ethyl adjacent to an activating group) is 1. The van der Waals surface area contributed by atoms with Crippen LogP contribution in [0.5, 0.6) is 0 Å². The monoisotopic (exact) mass is 626 g/mol. The molecule has 1 atom stereocenters. The molecule has 0 radical (unpaired) electrons. The van der Waals surface area contributed by atoms with E-state index in [1.54, 1.807) is 71.8 Å². The molecule has 1 amide bonds. The van der Waals surface area contributed by atoms with Gasteiger partial charge in [-0.15, -0.1) is 6.58 Å². The minimum absolute atomic E-state index is 0.00781. The molecule has 0 N–H and O–H groups in total. The average molecular weight is 627 g/mol. The van der Waals surface area contributed by atoms with E-state index in [1.165, 1.54) is 16.4 Å². The van der Waals surface area contributed by atoms with Crippen molar-refractivity contribution in [2.24, 2.45) is 0 Å². The van der Waals surface area contributed by atoms with Crippen LogP contribution in [0.1, 0.15) is 36.3 Å². The number of carbonyl (C=O) groups is 1. The van der Waals surface area contributed by atoms with Crippen LogP contribution in [0.2, 0.25) is 0 Å². The van der Waals surface area contributed by atoms with Gasteiger partial charge in [-0.3, -0.25) is 10.1 Å². The Bertz CT molecular complexity index is 1440. The van der Waals surface area contributed by atoms with Gasteiger partial charge in [-0.25, -0.2) is 17.5 Å². The van der Waals surface area contributed by atoms with Crippen molar-refractivity contribution >= 4 is 33.1 Å². The van der Waals surface area contributed by atoms with Gasteiger partial charge in [0.05, 0.1) is 9.82 Å². The number of nitro groups is 1. The molecule has 12 heteroatoms. The Labute approximate surface area is 257 Å². The Morgan fingerprint density at radius 2 is 1.86 bits per heavy atom. The summed E-state index contributed by atoms with van der Waals surface area (Å²) in [5, 5.41) is 15.0. The molecule has 4 rings (SSSR count). The molecule has 230 valence electrons. The molecule has 10 nitrogen and oxygen atoms in total. The first-order valence-corrected chi connectivity index (χ1v) is 16.6. The second-order valence-electron chi connectivity index (χ2n) is 10.6. The maximum Gasteiger partial charge on any atom is 0.410 e. The van der Waals surface area contributed by atoms with Crippen LogP contribution in [0.4, 0.5) is 10.5 Å². The highest BCUT2D eigenvalue weighted by Crippen LogP contribution is 2.27. The molecule has 0 saturated carbocycles. The number of piperidine rings is 1. The molecular formula is C31H38N4O6S2. The molecule has 1 aliphatic heterocycles. The van der Waals surface area contributed by atoms with Crippen molar-refractivity contribution in [3.8, 4) is 0 Å². The highest BCUT2D eigenvalue weighted by molar-refractivity contribution is 7.89. The molecule has 43 heavy (non-hydrogen) atoms.